The van der Waals surface area contributed by atoms with Crippen LogP contribution < -0.4 is 15.2 Å². The van der Waals surface area contributed by atoms with E-state index < -0.39 is 0 Å². The Hall–Kier alpha value is -1.87. The third-order valence-electron chi connectivity index (χ3n) is 2.76. The summed E-state index contributed by atoms with van der Waals surface area (Å²) in [5.74, 6) is 1.90. The summed E-state index contributed by atoms with van der Waals surface area (Å²) >= 11 is 6.15. The molecule has 0 aromatic heterocycles. The second kappa shape index (κ2) is 6.53. The lowest BCUT2D eigenvalue weighted by Gasteiger charge is -2.12. The maximum atomic E-state index is 6.15. The Morgan fingerprint density at radius 3 is 2.60 bits per heavy atom. The van der Waals surface area contributed by atoms with Crippen LogP contribution in [-0.2, 0) is 0 Å². The van der Waals surface area contributed by atoms with Crippen LogP contribution in [0.2, 0.25) is 5.02 Å². The molecule has 0 aliphatic rings. The quantitative estimate of drug-likeness (QED) is 0.804. The zero-order chi connectivity index (χ0) is 14.5. The molecule has 0 fully saturated rings. The Labute approximate surface area is 124 Å². The molecule has 0 radical (unpaired) electrons. The Bertz CT molecular complexity index is 599. The number of ether oxygens (including phenoxy) is 2. The van der Waals surface area contributed by atoms with Gasteiger partial charge < -0.3 is 15.2 Å². The lowest BCUT2D eigenvalue weighted by molar-refractivity contribution is 0.317. The van der Waals surface area contributed by atoms with E-state index >= 15 is 0 Å². The number of nitrogens with two attached hydrogens (primary N) is 1. The molecule has 2 rings (SSSR count). The van der Waals surface area contributed by atoms with Crippen molar-refractivity contribution in [3.63, 3.8) is 0 Å². The van der Waals surface area contributed by atoms with Gasteiger partial charge in [0.2, 0.25) is 0 Å². The second-order valence-electron chi connectivity index (χ2n) is 4.58. The van der Waals surface area contributed by atoms with Crippen LogP contribution in [0.4, 0.5) is 5.69 Å². The third kappa shape index (κ3) is 3.58. The fourth-order valence-electron chi connectivity index (χ4n) is 1.73. The molecule has 0 amide bonds. The lowest BCUT2D eigenvalue weighted by atomic mass is 10.2. The van der Waals surface area contributed by atoms with Crippen molar-refractivity contribution in [3.8, 4) is 17.2 Å². The van der Waals surface area contributed by atoms with Gasteiger partial charge >= 0.3 is 0 Å². The highest BCUT2D eigenvalue weighted by atomic mass is 35.5. The first kappa shape index (κ1) is 14.5. The predicted octanol–water partition coefficient (Wildman–Crippen LogP) is 4.81. The van der Waals surface area contributed by atoms with E-state index in [-0.39, 0.29) is 0 Å². The molecule has 3 nitrogen and oxygen atoms in total. The van der Waals surface area contributed by atoms with Gasteiger partial charge in [-0.3, -0.25) is 0 Å². The van der Waals surface area contributed by atoms with E-state index in [0.717, 1.165) is 12.0 Å². The smallest absolute Gasteiger partial charge is 0.146 e. The minimum Gasteiger partial charge on any atom is -0.491 e. The maximum Gasteiger partial charge on any atom is 0.146 e. The van der Waals surface area contributed by atoms with Gasteiger partial charge in [0.25, 0.3) is 0 Å². The summed E-state index contributed by atoms with van der Waals surface area (Å²) < 4.78 is 11.3. The molecule has 4 heteroatoms. The van der Waals surface area contributed by atoms with E-state index in [2.05, 4.69) is 0 Å². The van der Waals surface area contributed by atoms with Gasteiger partial charge in [-0.25, -0.2) is 0 Å². The van der Waals surface area contributed by atoms with E-state index in [1.807, 2.05) is 32.0 Å². The number of hydrogen-bond acceptors (Lipinski definition) is 3. The number of benzene rings is 2. The largest absolute Gasteiger partial charge is 0.491 e. The average molecular weight is 292 g/mol. The van der Waals surface area contributed by atoms with Gasteiger partial charge in [0.15, 0.2) is 0 Å². The zero-order valence-corrected chi connectivity index (χ0v) is 12.4. The summed E-state index contributed by atoms with van der Waals surface area (Å²) in [6.45, 7) is 4.65. The minimum atomic E-state index is 0.581. The number of nitrogen functional groups attached to an aromatic ring is 1. The third-order valence-corrected chi connectivity index (χ3v) is 3.06. The van der Waals surface area contributed by atoms with Crippen LogP contribution in [0.15, 0.2) is 36.4 Å². The molecule has 0 bridgehead atoms. The summed E-state index contributed by atoms with van der Waals surface area (Å²) in [6, 6.07) is 11.0. The monoisotopic (exact) mass is 291 g/mol. The van der Waals surface area contributed by atoms with Gasteiger partial charge in [-0.2, -0.15) is 0 Å². The highest BCUT2D eigenvalue weighted by molar-refractivity contribution is 6.32. The number of anilines is 1. The molecule has 0 saturated heterocycles. The highest BCUT2D eigenvalue weighted by Crippen LogP contribution is 2.33. The summed E-state index contributed by atoms with van der Waals surface area (Å²) in [4.78, 5) is 0. The topological polar surface area (TPSA) is 44.5 Å². The van der Waals surface area contributed by atoms with Gasteiger partial charge in [-0.05, 0) is 43.2 Å². The summed E-state index contributed by atoms with van der Waals surface area (Å²) in [6.07, 6.45) is 0.925. The van der Waals surface area contributed by atoms with E-state index in [9.17, 15) is 0 Å². The van der Waals surface area contributed by atoms with E-state index in [0.29, 0.717) is 34.6 Å². The van der Waals surface area contributed by atoms with Gasteiger partial charge in [0.05, 0.1) is 17.3 Å². The molecular weight excluding hydrogens is 274 g/mol. The van der Waals surface area contributed by atoms with E-state index in [4.69, 9.17) is 26.8 Å². The van der Waals surface area contributed by atoms with Crippen molar-refractivity contribution in [3.05, 3.63) is 47.0 Å². The Balaban J connectivity index is 2.20. The molecule has 2 aromatic rings. The van der Waals surface area contributed by atoms with Crippen molar-refractivity contribution >= 4 is 17.3 Å². The van der Waals surface area contributed by atoms with E-state index in [1.165, 1.54) is 0 Å². The van der Waals surface area contributed by atoms with Crippen LogP contribution >= 0.6 is 11.6 Å². The molecule has 2 aromatic carbocycles. The normalized spacial score (nSPS) is 10.3. The van der Waals surface area contributed by atoms with Gasteiger partial charge in [0.1, 0.15) is 17.2 Å². The molecule has 0 spiro atoms. The fraction of sp³-hybridized carbons (Fsp3) is 0.250. The first-order valence-electron chi connectivity index (χ1n) is 6.56. The molecule has 0 unspecified atom stereocenters. The molecule has 0 atom stereocenters. The van der Waals surface area contributed by atoms with Gasteiger partial charge in [-0.15, -0.1) is 0 Å². The molecule has 0 aliphatic heterocycles. The van der Waals surface area contributed by atoms with Gasteiger partial charge in [0, 0.05) is 6.07 Å². The summed E-state index contributed by atoms with van der Waals surface area (Å²) in [5.41, 5.74) is 7.55. The molecular formula is C16H18ClNO2. The lowest BCUT2D eigenvalue weighted by Crippen LogP contribution is -1.99. The Morgan fingerprint density at radius 1 is 1.10 bits per heavy atom. The first-order valence-corrected chi connectivity index (χ1v) is 6.94. The van der Waals surface area contributed by atoms with Crippen molar-refractivity contribution in [2.45, 2.75) is 20.3 Å². The number of halogens is 1. The Kier molecular flexibility index (Phi) is 4.74. The van der Waals surface area contributed by atoms with Crippen LogP contribution in [-0.4, -0.2) is 6.61 Å². The average Bonchev–Trinajstić information content (AvgIpc) is 2.42. The molecule has 0 saturated carbocycles. The van der Waals surface area contributed by atoms with Crippen LogP contribution in [0.3, 0.4) is 0 Å². The highest BCUT2D eigenvalue weighted by Gasteiger charge is 2.07. The molecule has 0 aliphatic carbocycles. The molecule has 106 valence electrons. The zero-order valence-electron chi connectivity index (χ0n) is 11.7. The van der Waals surface area contributed by atoms with Crippen molar-refractivity contribution in [1.82, 2.24) is 0 Å². The maximum absolute atomic E-state index is 6.15. The molecule has 0 heterocycles. The molecule has 2 N–H and O–H groups in total. The molecule has 20 heavy (non-hydrogen) atoms. The van der Waals surface area contributed by atoms with Crippen LogP contribution in [0.5, 0.6) is 17.2 Å². The van der Waals surface area contributed by atoms with Crippen molar-refractivity contribution < 1.29 is 9.47 Å². The first-order chi connectivity index (χ1) is 9.60. The summed E-state index contributed by atoms with van der Waals surface area (Å²) in [7, 11) is 0. The van der Waals surface area contributed by atoms with Crippen molar-refractivity contribution in [2.24, 2.45) is 0 Å². The van der Waals surface area contributed by atoms with Crippen LogP contribution in [0, 0.1) is 6.92 Å². The minimum absolute atomic E-state index is 0.581. The standard InChI is InChI=1S/C16H18ClNO2/c1-3-8-19-16-10-12(5-6-14(16)18)20-15-7-4-11(2)9-13(15)17/h4-7,9-10H,3,8,18H2,1-2H3. The van der Waals surface area contributed by atoms with Gasteiger partial charge in [-0.1, -0.05) is 24.6 Å². The number of hydrogen-bond donors (Lipinski definition) is 1. The van der Waals surface area contributed by atoms with Crippen LogP contribution in [0.1, 0.15) is 18.9 Å². The Morgan fingerprint density at radius 2 is 1.90 bits per heavy atom. The second-order valence-corrected chi connectivity index (χ2v) is 4.99. The number of rotatable bonds is 5. The van der Waals surface area contributed by atoms with E-state index in [1.54, 1.807) is 18.2 Å². The van der Waals surface area contributed by atoms with Crippen molar-refractivity contribution in [2.75, 3.05) is 12.3 Å². The number of aryl methyl sites for hydroxylation is 1. The van der Waals surface area contributed by atoms with Crippen molar-refractivity contribution in [1.29, 1.82) is 0 Å². The fourth-order valence-corrected chi connectivity index (χ4v) is 2.00. The summed E-state index contributed by atoms with van der Waals surface area (Å²) in [5, 5.41) is 0.581. The predicted molar refractivity (Wildman–Crippen MR) is 82.9 cm³/mol. The van der Waals surface area contributed by atoms with Crippen LogP contribution in [0.25, 0.3) is 0 Å². The SMILES string of the molecule is CCCOc1cc(Oc2ccc(C)cc2Cl)ccc1N.